The largest absolute Gasteiger partial charge is 0.492 e. The summed E-state index contributed by atoms with van der Waals surface area (Å²) in [5.41, 5.74) is 0.891. The van der Waals surface area contributed by atoms with E-state index in [-0.39, 0.29) is 5.60 Å². The van der Waals surface area contributed by atoms with Gasteiger partial charge in [0.2, 0.25) is 0 Å². The Morgan fingerprint density at radius 2 is 2.05 bits per heavy atom. The third kappa shape index (κ3) is 3.58. The van der Waals surface area contributed by atoms with Crippen LogP contribution in [0.1, 0.15) is 37.7 Å². The predicted molar refractivity (Wildman–Crippen MR) is 84.6 cm³/mol. The van der Waals surface area contributed by atoms with Crippen molar-refractivity contribution < 1.29 is 9.84 Å². The number of piperidine rings is 1. The highest BCUT2D eigenvalue weighted by molar-refractivity contribution is 5.26. The number of hydrogen-bond donors (Lipinski definition) is 1. The lowest BCUT2D eigenvalue weighted by atomic mass is 9.71. The van der Waals surface area contributed by atoms with Gasteiger partial charge < -0.3 is 9.84 Å². The fourth-order valence-electron chi connectivity index (χ4n) is 3.77. The Bertz CT molecular complexity index is 459. The summed E-state index contributed by atoms with van der Waals surface area (Å²) < 4.78 is 5.82. The summed E-state index contributed by atoms with van der Waals surface area (Å²) in [4.78, 5) is 2.46. The van der Waals surface area contributed by atoms with Crippen molar-refractivity contribution in [2.45, 2.75) is 44.6 Å². The lowest BCUT2D eigenvalue weighted by Crippen LogP contribution is -2.53. The van der Waals surface area contributed by atoms with Gasteiger partial charge in [-0.25, -0.2) is 0 Å². The quantitative estimate of drug-likeness (QED) is 0.925. The Labute approximate surface area is 127 Å². The molecular weight excluding hydrogens is 262 g/mol. The molecule has 3 nitrogen and oxygen atoms in total. The minimum absolute atomic E-state index is 0.368. The van der Waals surface area contributed by atoms with E-state index in [9.17, 15) is 5.11 Å². The highest BCUT2D eigenvalue weighted by Crippen LogP contribution is 2.39. The summed E-state index contributed by atoms with van der Waals surface area (Å²) in [6, 6.07) is 8.23. The van der Waals surface area contributed by atoms with Gasteiger partial charge in [0.05, 0.1) is 5.60 Å². The molecule has 2 unspecified atom stereocenters. The standard InChI is InChI=1S/C18H27NO2/c1-15-5-7-17(8-6-15)21-13-12-19-11-10-18(20)9-3-2-4-16(18)14-19/h5-8,16,20H,2-4,9-14H2,1H3. The van der Waals surface area contributed by atoms with E-state index in [4.69, 9.17) is 4.74 Å². The SMILES string of the molecule is Cc1ccc(OCCN2CCC3(O)CCCCC3C2)cc1. The first-order valence-electron chi connectivity index (χ1n) is 8.30. The number of likely N-dealkylation sites (tertiary alicyclic amines) is 1. The van der Waals surface area contributed by atoms with Crippen LogP contribution in [0.4, 0.5) is 0 Å². The van der Waals surface area contributed by atoms with E-state index in [0.717, 1.165) is 44.8 Å². The number of nitrogens with zero attached hydrogens (tertiary/aromatic N) is 1. The van der Waals surface area contributed by atoms with Gasteiger partial charge >= 0.3 is 0 Å². The van der Waals surface area contributed by atoms with Crippen molar-refractivity contribution >= 4 is 0 Å². The highest BCUT2D eigenvalue weighted by atomic mass is 16.5. The van der Waals surface area contributed by atoms with Crippen LogP contribution in [0, 0.1) is 12.8 Å². The fourth-order valence-corrected chi connectivity index (χ4v) is 3.77. The number of aliphatic hydroxyl groups is 1. The minimum atomic E-state index is -0.368. The number of benzene rings is 1. The highest BCUT2D eigenvalue weighted by Gasteiger charge is 2.42. The van der Waals surface area contributed by atoms with Gasteiger partial charge in [-0.05, 0) is 38.3 Å². The number of fused-ring (bicyclic) bond motifs is 1. The fraction of sp³-hybridized carbons (Fsp3) is 0.667. The summed E-state index contributed by atoms with van der Waals surface area (Å²) in [5, 5.41) is 10.7. The normalized spacial score (nSPS) is 29.9. The maximum atomic E-state index is 10.7. The predicted octanol–water partition coefficient (Wildman–Crippen LogP) is 3.00. The molecule has 1 aliphatic heterocycles. The Hall–Kier alpha value is -1.06. The third-order valence-electron chi connectivity index (χ3n) is 5.21. The zero-order chi connectivity index (χ0) is 14.7. The Morgan fingerprint density at radius 1 is 1.24 bits per heavy atom. The molecule has 0 radical (unpaired) electrons. The number of aryl methyl sites for hydroxylation is 1. The smallest absolute Gasteiger partial charge is 0.119 e. The molecule has 0 spiro atoms. The van der Waals surface area contributed by atoms with Crippen molar-refractivity contribution in [1.82, 2.24) is 4.90 Å². The average Bonchev–Trinajstić information content (AvgIpc) is 2.49. The summed E-state index contributed by atoms with van der Waals surface area (Å²) >= 11 is 0. The molecule has 2 atom stereocenters. The first-order chi connectivity index (χ1) is 10.2. The van der Waals surface area contributed by atoms with Crippen molar-refractivity contribution in [2.75, 3.05) is 26.2 Å². The van der Waals surface area contributed by atoms with Crippen molar-refractivity contribution in [1.29, 1.82) is 0 Å². The lowest BCUT2D eigenvalue weighted by Gasteiger charge is -2.47. The summed E-state index contributed by atoms with van der Waals surface area (Å²) in [6.45, 7) is 5.81. The number of ether oxygens (including phenoxy) is 1. The average molecular weight is 289 g/mol. The zero-order valence-corrected chi connectivity index (χ0v) is 13.1. The second-order valence-corrected chi connectivity index (χ2v) is 6.76. The molecule has 2 aliphatic rings. The summed E-state index contributed by atoms with van der Waals surface area (Å²) in [7, 11) is 0. The maximum absolute atomic E-state index is 10.7. The molecule has 1 saturated carbocycles. The van der Waals surface area contributed by atoms with Gasteiger partial charge in [0.1, 0.15) is 12.4 Å². The molecular formula is C18H27NO2. The van der Waals surface area contributed by atoms with Crippen LogP contribution in [0.5, 0.6) is 5.75 Å². The first kappa shape index (κ1) is 14.9. The molecule has 2 fully saturated rings. The van der Waals surface area contributed by atoms with Crippen LogP contribution in [0.15, 0.2) is 24.3 Å². The van der Waals surface area contributed by atoms with Crippen LogP contribution in [-0.2, 0) is 0 Å². The second-order valence-electron chi connectivity index (χ2n) is 6.76. The van der Waals surface area contributed by atoms with Crippen molar-refractivity contribution in [2.24, 2.45) is 5.92 Å². The van der Waals surface area contributed by atoms with Gasteiger partial charge in [-0.1, -0.05) is 30.5 Å². The van der Waals surface area contributed by atoms with E-state index in [1.807, 2.05) is 12.1 Å². The van der Waals surface area contributed by atoms with Gasteiger partial charge in [0.15, 0.2) is 0 Å². The third-order valence-corrected chi connectivity index (χ3v) is 5.21. The number of hydrogen-bond acceptors (Lipinski definition) is 3. The molecule has 1 aromatic carbocycles. The molecule has 0 aromatic heterocycles. The van der Waals surface area contributed by atoms with Gasteiger partial charge in [-0.3, -0.25) is 4.90 Å². The summed E-state index contributed by atoms with van der Waals surface area (Å²) in [5.74, 6) is 1.42. The molecule has 1 saturated heterocycles. The van der Waals surface area contributed by atoms with Gasteiger partial charge in [0, 0.05) is 25.6 Å². The molecule has 1 aromatic rings. The van der Waals surface area contributed by atoms with Gasteiger partial charge in [-0.2, -0.15) is 0 Å². The molecule has 21 heavy (non-hydrogen) atoms. The van der Waals surface area contributed by atoms with E-state index < -0.39 is 0 Å². The van der Waals surface area contributed by atoms with Crippen LogP contribution in [0.2, 0.25) is 0 Å². The summed E-state index contributed by atoms with van der Waals surface area (Å²) in [6.07, 6.45) is 5.60. The molecule has 0 amide bonds. The lowest BCUT2D eigenvalue weighted by molar-refractivity contribution is -0.0963. The molecule has 1 N–H and O–H groups in total. The molecule has 116 valence electrons. The maximum Gasteiger partial charge on any atom is 0.119 e. The van der Waals surface area contributed by atoms with E-state index in [2.05, 4.69) is 24.0 Å². The van der Waals surface area contributed by atoms with E-state index in [1.54, 1.807) is 0 Å². The zero-order valence-electron chi connectivity index (χ0n) is 13.1. The van der Waals surface area contributed by atoms with Crippen molar-refractivity contribution in [3.05, 3.63) is 29.8 Å². The van der Waals surface area contributed by atoms with Crippen LogP contribution in [-0.4, -0.2) is 41.8 Å². The first-order valence-corrected chi connectivity index (χ1v) is 8.30. The second kappa shape index (κ2) is 6.37. The van der Waals surface area contributed by atoms with E-state index in [1.165, 1.54) is 24.8 Å². The van der Waals surface area contributed by atoms with Crippen LogP contribution in [0.3, 0.4) is 0 Å². The van der Waals surface area contributed by atoms with Crippen LogP contribution in [0.25, 0.3) is 0 Å². The Morgan fingerprint density at radius 3 is 2.86 bits per heavy atom. The Balaban J connectivity index is 1.45. The van der Waals surface area contributed by atoms with Crippen LogP contribution < -0.4 is 4.74 Å². The van der Waals surface area contributed by atoms with Crippen molar-refractivity contribution in [3.8, 4) is 5.75 Å². The topological polar surface area (TPSA) is 32.7 Å². The minimum Gasteiger partial charge on any atom is -0.492 e. The van der Waals surface area contributed by atoms with E-state index in [0.29, 0.717) is 5.92 Å². The van der Waals surface area contributed by atoms with Crippen molar-refractivity contribution in [3.63, 3.8) is 0 Å². The molecule has 3 heteroatoms. The van der Waals surface area contributed by atoms with Crippen LogP contribution >= 0.6 is 0 Å². The van der Waals surface area contributed by atoms with Gasteiger partial charge in [0.25, 0.3) is 0 Å². The number of rotatable bonds is 4. The molecule has 0 bridgehead atoms. The molecule has 1 heterocycles. The molecule has 3 rings (SSSR count). The Kier molecular flexibility index (Phi) is 4.51. The van der Waals surface area contributed by atoms with E-state index >= 15 is 0 Å². The van der Waals surface area contributed by atoms with Gasteiger partial charge in [-0.15, -0.1) is 0 Å². The molecule has 1 aliphatic carbocycles. The monoisotopic (exact) mass is 289 g/mol.